The SMILES string of the molecule is CCN(CC(C)(C)O)C(=O)c1ccc(O)c(O)c1. The van der Waals surface area contributed by atoms with Crippen molar-refractivity contribution in [2.75, 3.05) is 13.1 Å². The van der Waals surface area contributed by atoms with Crippen molar-refractivity contribution in [2.24, 2.45) is 0 Å². The van der Waals surface area contributed by atoms with Crippen molar-refractivity contribution in [3.05, 3.63) is 23.8 Å². The zero-order chi connectivity index (χ0) is 13.9. The number of phenols is 2. The second kappa shape index (κ2) is 5.27. The van der Waals surface area contributed by atoms with Crippen LogP contribution in [0.15, 0.2) is 18.2 Å². The Morgan fingerprint density at radius 2 is 1.89 bits per heavy atom. The summed E-state index contributed by atoms with van der Waals surface area (Å²) in [4.78, 5) is 13.6. The highest BCUT2D eigenvalue weighted by atomic mass is 16.3. The molecular weight excluding hydrogens is 234 g/mol. The second-order valence-electron chi connectivity index (χ2n) is 4.84. The van der Waals surface area contributed by atoms with Crippen LogP contribution in [-0.2, 0) is 0 Å². The summed E-state index contributed by atoms with van der Waals surface area (Å²) >= 11 is 0. The predicted molar refractivity (Wildman–Crippen MR) is 67.6 cm³/mol. The van der Waals surface area contributed by atoms with Crippen LogP contribution in [0.5, 0.6) is 11.5 Å². The van der Waals surface area contributed by atoms with Crippen molar-refractivity contribution < 1.29 is 20.1 Å². The molecule has 0 bridgehead atoms. The fourth-order valence-corrected chi connectivity index (χ4v) is 1.63. The van der Waals surface area contributed by atoms with E-state index in [1.807, 2.05) is 6.92 Å². The first-order valence-electron chi connectivity index (χ1n) is 5.78. The lowest BCUT2D eigenvalue weighted by molar-refractivity contribution is 0.0314. The zero-order valence-electron chi connectivity index (χ0n) is 10.8. The Bertz CT molecular complexity index is 437. The van der Waals surface area contributed by atoms with E-state index in [-0.39, 0.29) is 29.5 Å². The van der Waals surface area contributed by atoms with E-state index in [2.05, 4.69) is 0 Å². The maximum Gasteiger partial charge on any atom is 0.254 e. The molecule has 0 heterocycles. The first-order valence-corrected chi connectivity index (χ1v) is 5.78. The first-order chi connectivity index (χ1) is 8.24. The van der Waals surface area contributed by atoms with Crippen molar-refractivity contribution in [1.29, 1.82) is 0 Å². The molecule has 0 aromatic heterocycles. The summed E-state index contributed by atoms with van der Waals surface area (Å²) in [7, 11) is 0. The highest BCUT2D eigenvalue weighted by Crippen LogP contribution is 2.25. The van der Waals surface area contributed by atoms with E-state index in [0.717, 1.165) is 0 Å². The summed E-state index contributed by atoms with van der Waals surface area (Å²) < 4.78 is 0. The maximum absolute atomic E-state index is 12.1. The van der Waals surface area contributed by atoms with Crippen LogP contribution < -0.4 is 0 Å². The smallest absolute Gasteiger partial charge is 0.254 e. The summed E-state index contributed by atoms with van der Waals surface area (Å²) in [6.07, 6.45) is 0. The molecule has 0 atom stereocenters. The zero-order valence-corrected chi connectivity index (χ0v) is 10.8. The number of likely N-dealkylation sites (N-methyl/N-ethyl adjacent to an activating group) is 1. The summed E-state index contributed by atoms with van der Waals surface area (Å²) in [5.41, 5.74) is -0.707. The number of aromatic hydroxyl groups is 2. The van der Waals surface area contributed by atoms with E-state index in [1.54, 1.807) is 13.8 Å². The van der Waals surface area contributed by atoms with E-state index in [0.29, 0.717) is 6.54 Å². The minimum absolute atomic E-state index is 0.198. The van der Waals surface area contributed by atoms with Crippen LogP contribution in [0.1, 0.15) is 31.1 Å². The van der Waals surface area contributed by atoms with E-state index in [1.165, 1.54) is 23.1 Å². The molecule has 0 saturated heterocycles. The lowest BCUT2D eigenvalue weighted by Gasteiger charge is -2.28. The molecule has 100 valence electrons. The molecule has 3 N–H and O–H groups in total. The molecule has 0 unspecified atom stereocenters. The van der Waals surface area contributed by atoms with Gasteiger partial charge in [0.25, 0.3) is 5.91 Å². The highest BCUT2D eigenvalue weighted by molar-refractivity contribution is 5.94. The van der Waals surface area contributed by atoms with E-state index < -0.39 is 5.60 Å². The number of rotatable bonds is 4. The molecule has 0 aliphatic rings. The molecule has 0 saturated carbocycles. The van der Waals surface area contributed by atoms with Crippen LogP contribution in [0, 0.1) is 0 Å². The van der Waals surface area contributed by atoms with Gasteiger partial charge in [0.15, 0.2) is 11.5 Å². The van der Waals surface area contributed by atoms with Gasteiger partial charge in [0.2, 0.25) is 0 Å². The van der Waals surface area contributed by atoms with Gasteiger partial charge in [-0.1, -0.05) is 0 Å². The quantitative estimate of drug-likeness (QED) is 0.707. The monoisotopic (exact) mass is 253 g/mol. The fourth-order valence-electron chi connectivity index (χ4n) is 1.63. The third-order valence-electron chi connectivity index (χ3n) is 2.47. The minimum atomic E-state index is -0.982. The van der Waals surface area contributed by atoms with Crippen molar-refractivity contribution in [1.82, 2.24) is 4.90 Å². The second-order valence-corrected chi connectivity index (χ2v) is 4.84. The van der Waals surface area contributed by atoms with Crippen molar-refractivity contribution >= 4 is 5.91 Å². The Hall–Kier alpha value is -1.75. The number of carbonyl (C=O) groups excluding carboxylic acids is 1. The number of benzene rings is 1. The van der Waals surface area contributed by atoms with Gasteiger partial charge in [-0.15, -0.1) is 0 Å². The normalized spacial score (nSPS) is 11.3. The molecule has 1 aromatic rings. The Morgan fingerprint density at radius 3 is 2.33 bits per heavy atom. The average Bonchev–Trinajstić information content (AvgIpc) is 2.27. The van der Waals surface area contributed by atoms with Crippen LogP contribution in [0.3, 0.4) is 0 Å². The molecule has 0 aliphatic carbocycles. The standard InChI is InChI=1S/C13H19NO4/c1-4-14(8-13(2,3)18)12(17)9-5-6-10(15)11(16)7-9/h5-7,15-16,18H,4,8H2,1-3H3. The Labute approximate surface area is 106 Å². The molecule has 5 nitrogen and oxygen atoms in total. The average molecular weight is 253 g/mol. The van der Waals surface area contributed by atoms with Gasteiger partial charge in [0.1, 0.15) is 0 Å². The summed E-state index contributed by atoms with van der Waals surface area (Å²) in [6.45, 7) is 5.70. The minimum Gasteiger partial charge on any atom is -0.504 e. The lowest BCUT2D eigenvalue weighted by Crippen LogP contribution is -2.42. The van der Waals surface area contributed by atoms with Crippen LogP contribution in [0.4, 0.5) is 0 Å². The van der Waals surface area contributed by atoms with Gasteiger partial charge in [0.05, 0.1) is 5.60 Å². The summed E-state index contributed by atoms with van der Waals surface area (Å²) in [6, 6.07) is 3.91. The molecule has 1 rings (SSSR count). The lowest BCUT2D eigenvalue weighted by atomic mass is 10.1. The van der Waals surface area contributed by atoms with Crippen molar-refractivity contribution in [3.8, 4) is 11.5 Å². The van der Waals surface area contributed by atoms with Gasteiger partial charge in [-0.05, 0) is 39.0 Å². The van der Waals surface area contributed by atoms with E-state index in [9.17, 15) is 20.1 Å². The van der Waals surface area contributed by atoms with Crippen LogP contribution >= 0.6 is 0 Å². The van der Waals surface area contributed by atoms with E-state index >= 15 is 0 Å². The molecular formula is C13H19NO4. The Morgan fingerprint density at radius 1 is 1.28 bits per heavy atom. The van der Waals surface area contributed by atoms with Crippen LogP contribution in [-0.4, -0.2) is 44.8 Å². The van der Waals surface area contributed by atoms with Crippen molar-refractivity contribution in [2.45, 2.75) is 26.4 Å². The fraction of sp³-hybridized carbons (Fsp3) is 0.462. The van der Waals surface area contributed by atoms with Crippen LogP contribution in [0.2, 0.25) is 0 Å². The molecule has 18 heavy (non-hydrogen) atoms. The molecule has 0 radical (unpaired) electrons. The molecule has 1 amide bonds. The predicted octanol–water partition coefficient (Wildman–Crippen LogP) is 1.33. The van der Waals surface area contributed by atoms with Gasteiger partial charge in [0, 0.05) is 18.7 Å². The number of phenolic OH excluding ortho intramolecular Hbond substituents is 2. The summed E-state index contributed by atoms with van der Waals surface area (Å²) in [5, 5.41) is 28.3. The molecule has 1 aromatic carbocycles. The number of hydrogen-bond acceptors (Lipinski definition) is 4. The van der Waals surface area contributed by atoms with Crippen molar-refractivity contribution in [3.63, 3.8) is 0 Å². The van der Waals surface area contributed by atoms with Gasteiger partial charge in [-0.2, -0.15) is 0 Å². The number of hydrogen-bond donors (Lipinski definition) is 3. The number of amides is 1. The van der Waals surface area contributed by atoms with Gasteiger partial charge < -0.3 is 20.2 Å². The number of carbonyl (C=O) groups is 1. The number of aliphatic hydroxyl groups is 1. The third-order valence-corrected chi connectivity index (χ3v) is 2.47. The van der Waals surface area contributed by atoms with Gasteiger partial charge in [-0.3, -0.25) is 4.79 Å². The molecule has 0 aliphatic heterocycles. The van der Waals surface area contributed by atoms with Gasteiger partial charge >= 0.3 is 0 Å². The first kappa shape index (κ1) is 14.3. The Kier molecular flexibility index (Phi) is 4.19. The summed E-state index contributed by atoms with van der Waals surface area (Å²) in [5.74, 6) is -0.896. The van der Waals surface area contributed by atoms with Crippen LogP contribution in [0.25, 0.3) is 0 Å². The highest BCUT2D eigenvalue weighted by Gasteiger charge is 2.22. The molecule has 0 fully saturated rings. The third kappa shape index (κ3) is 3.63. The molecule has 5 heteroatoms. The number of nitrogens with zero attached hydrogens (tertiary/aromatic N) is 1. The topological polar surface area (TPSA) is 81.0 Å². The largest absolute Gasteiger partial charge is 0.504 e. The van der Waals surface area contributed by atoms with Gasteiger partial charge in [-0.25, -0.2) is 0 Å². The Balaban J connectivity index is 2.93. The van der Waals surface area contributed by atoms with E-state index in [4.69, 9.17) is 0 Å². The molecule has 0 spiro atoms. The maximum atomic E-state index is 12.1.